The molecule has 2 nitrogen and oxygen atoms in total. The van der Waals surface area contributed by atoms with Gasteiger partial charge in [-0.05, 0) is 107 Å². The Morgan fingerprint density at radius 3 is 2.09 bits per heavy atom. The van der Waals surface area contributed by atoms with E-state index in [1.165, 1.54) is 60.8 Å². The lowest BCUT2D eigenvalue weighted by Gasteiger charge is -2.37. The zero-order valence-corrected chi connectivity index (χ0v) is 20.3. The van der Waals surface area contributed by atoms with Gasteiger partial charge >= 0.3 is 0 Å². The van der Waals surface area contributed by atoms with Gasteiger partial charge in [-0.1, -0.05) is 38.1 Å². The molecule has 1 fully saturated rings. The third kappa shape index (κ3) is 6.62. The van der Waals surface area contributed by atoms with Crippen LogP contribution >= 0.6 is 0 Å². The summed E-state index contributed by atoms with van der Waals surface area (Å²) in [5.41, 5.74) is 4.33. The van der Waals surface area contributed by atoms with Crippen LogP contribution in [0.25, 0.3) is 0 Å². The van der Waals surface area contributed by atoms with E-state index < -0.39 is 11.6 Å². The lowest BCUT2D eigenvalue weighted by Crippen LogP contribution is -2.39. The molecule has 3 rings (SSSR count). The third-order valence-corrected chi connectivity index (χ3v) is 6.87. The molecule has 0 bridgehead atoms. The van der Waals surface area contributed by atoms with Crippen LogP contribution < -0.4 is 0 Å². The van der Waals surface area contributed by atoms with E-state index in [0.29, 0.717) is 18.4 Å². The summed E-state index contributed by atoms with van der Waals surface area (Å²) in [5.74, 6) is -0.240. The molecular formula is C28H40F2N2. The Morgan fingerprint density at radius 2 is 1.50 bits per heavy atom. The maximum absolute atomic E-state index is 14.2. The molecule has 176 valence electrons. The Balaban J connectivity index is 1.83. The van der Waals surface area contributed by atoms with Gasteiger partial charge in [0.1, 0.15) is 11.6 Å². The maximum Gasteiger partial charge on any atom is 0.129 e. The number of aryl methyl sites for hydroxylation is 2. The molecule has 0 radical (unpaired) electrons. The van der Waals surface area contributed by atoms with Gasteiger partial charge in [-0.3, -0.25) is 4.90 Å². The van der Waals surface area contributed by atoms with Gasteiger partial charge in [-0.25, -0.2) is 8.78 Å². The minimum atomic E-state index is -0.429. The molecule has 1 aliphatic rings. The van der Waals surface area contributed by atoms with E-state index in [2.05, 4.69) is 55.7 Å². The van der Waals surface area contributed by atoms with E-state index in [0.717, 1.165) is 32.5 Å². The first-order valence-corrected chi connectivity index (χ1v) is 12.3. The number of halogens is 2. The van der Waals surface area contributed by atoms with Crippen molar-refractivity contribution in [3.63, 3.8) is 0 Å². The monoisotopic (exact) mass is 442 g/mol. The van der Waals surface area contributed by atoms with Crippen LogP contribution in [0.1, 0.15) is 67.8 Å². The highest BCUT2D eigenvalue weighted by molar-refractivity contribution is 5.36. The summed E-state index contributed by atoms with van der Waals surface area (Å²) < 4.78 is 28.3. The van der Waals surface area contributed by atoms with Crippen molar-refractivity contribution in [2.24, 2.45) is 5.92 Å². The molecule has 0 aliphatic carbocycles. The first kappa shape index (κ1) is 24.9. The van der Waals surface area contributed by atoms with Gasteiger partial charge in [0.15, 0.2) is 0 Å². The minimum absolute atomic E-state index is 0.222. The number of hydrogen-bond acceptors (Lipinski definition) is 2. The van der Waals surface area contributed by atoms with Crippen LogP contribution in [0.5, 0.6) is 0 Å². The number of benzene rings is 2. The Kier molecular flexibility index (Phi) is 9.24. The SMILES string of the molecule is Cc1cccc(C)c1C(CN1CCCC1)N(CCCc1c(F)cccc1F)CCC(C)C. The average molecular weight is 443 g/mol. The van der Waals surface area contributed by atoms with Crippen molar-refractivity contribution in [1.29, 1.82) is 0 Å². The smallest absolute Gasteiger partial charge is 0.129 e. The Hall–Kier alpha value is -1.78. The summed E-state index contributed by atoms with van der Waals surface area (Å²) in [6.45, 7) is 14.2. The predicted octanol–water partition coefficient (Wildman–Crippen LogP) is 6.70. The van der Waals surface area contributed by atoms with Gasteiger partial charge in [0.05, 0.1) is 0 Å². The minimum Gasteiger partial charge on any atom is -0.301 e. The van der Waals surface area contributed by atoms with Crippen molar-refractivity contribution < 1.29 is 8.78 Å². The van der Waals surface area contributed by atoms with Gasteiger partial charge in [0, 0.05) is 18.2 Å². The van der Waals surface area contributed by atoms with Gasteiger partial charge in [-0.15, -0.1) is 0 Å². The van der Waals surface area contributed by atoms with Crippen LogP contribution in [-0.2, 0) is 6.42 Å². The summed E-state index contributed by atoms with van der Waals surface area (Å²) in [5, 5.41) is 0. The van der Waals surface area contributed by atoms with Crippen molar-refractivity contribution in [2.45, 2.75) is 65.8 Å². The first-order valence-electron chi connectivity index (χ1n) is 12.3. The van der Waals surface area contributed by atoms with Crippen LogP contribution in [-0.4, -0.2) is 42.5 Å². The highest BCUT2D eigenvalue weighted by Crippen LogP contribution is 2.30. The van der Waals surface area contributed by atoms with E-state index >= 15 is 0 Å². The molecule has 1 atom stereocenters. The third-order valence-electron chi connectivity index (χ3n) is 6.87. The van der Waals surface area contributed by atoms with Crippen molar-refractivity contribution in [3.05, 3.63) is 70.3 Å². The quantitative estimate of drug-likeness (QED) is 0.382. The van der Waals surface area contributed by atoms with Crippen LogP contribution in [0, 0.1) is 31.4 Å². The fraction of sp³-hybridized carbons (Fsp3) is 0.571. The number of rotatable bonds is 11. The zero-order valence-electron chi connectivity index (χ0n) is 20.3. The molecular weight excluding hydrogens is 402 g/mol. The van der Waals surface area contributed by atoms with Crippen LogP contribution in [0.3, 0.4) is 0 Å². The standard InChI is InChI=1S/C28H40F2N2/c1-21(2)15-19-32(18-9-12-24-25(29)13-8-14-26(24)30)27(20-31-16-5-6-17-31)28-22(3)10-7-11-23(28)4/h7-8,10-11,13-14,21,27H,5-6,9,12,15-20H2,1-4H3. The summed E-state index contributed by atoms with van der Waals surface area (Å²) in [4.78, 5) is 5.18. The van der Waals surface area contributed by atoms with Gasteiger partial charge < -0.3 is 4.90 Å². The van der Waals surface area contributed by atoms with E-state index in [-0.39, 0.29) is 5.56 Å². The highest BCUT2D eigenvalue weighted by atomic mass is 19.1. The van der Waals surface area contributed by atoms with E-state index in [4.69, 9.17) is 0 Å². The molecule has 1 heterocycles. The predicted molar refractivity (Wildman–Crippen MR) is 130 cm³/mol. The van der Waals surface area contributed by atoms with Crippen molar-refractivity contribution in [3.8, 4) is 0 Å². The molecule has 4 heteroatoms. The zero-order chi connectivity index (χ0) is 23.1. The van der Waals surface area contributed by atoms with Crippen LogP contribution in [0.15, 0.2) is 36.4 Å². The number of likely N-dealkylation sites (tertiary alicyclic amines) is 1. The fourth-order valence-corrected chi connectivity index (χ4v) is 5.03. The second-order valence-electron chi connectivity index (χ2n) is 9.85. The molecule has 1 saturated heterocycles. The molecule has 0 amide bonds. The molecule has 0 saturated carbocycles. The van der Waals surface area contributed by atoms with Crippen molar-refractivity contribution in [1.82, 2.24) is 9.80 Å². The van der Waals surface area contributed by atoms with Gasteiger partial charge in [-0.2, -0.15) is 0 Å². The normalized spacial score (nSPS) is 15.8. The average Bonchev–Trinajstić information content (AvgIpc) is 3.25. The highest BCUT2D eigenvalue weighted by Gasteiger charge is 2.27. The second-order valence-corrected chi connectivity index (χ2v) is 9.85. The van der Waals surface area contributed by atoms with Gasteiger partial charge in [0.25, 0.3) is 0 Å². The van der Waals surface area contributed by atoms with Crippen molar-refractivity contribution in [2.75, 3.05) is 32.7 Å². The Bertz CT molecular complexity index is 818. The van der Waals surface area contributed by atoms with Crippen LogP contribution in [0.2, 0.25) is 0 Å². The lowest BCUT2D eigenvalue weighted by molar-refractivity contribution is 0.141. The second kappa shape index (κ2) is 11.9. The summed E-state index contributed by atoms with van der Waals surface area (Å²) >= 11 is 0. The molecule has 2 aromatic rings. The summed E-state index contributed by atoms with van der Waals surface area (Å²) in [6, 6.07) is 11.0. The Labute approximate surface area is 193 Å². The summed E-state index contributed by atoms with van der Waals surface area (Å²) in [6.07, 6.45) is 4.85. The number of nitrogens with zero attached hydrogens (tertiary/aromatic N) is 2. The maximum atomic E-state index is 14.2. The molecule has 32 heavy (non-hydrogen) atoms. The van der Waals surface area contributed by atoms with E-state index in [9.17, 15) is 8.78 Å². The molecule has 0 N–H and O–H groups in total. The molecule has 2 aromatic carbocycles. The Morgan fingerprint density at radius 1 is 0.906 bits per heavy atom. The molecule has 0 aromatic heterocycles. The first-order chi connectivity index (χ1) is 15.4. The largest absolute Gasteiger partial charge is 0.301 e. The van der Waals surface area contributed by atoms with Crippen LogP contribution in [0.4, 0.5) is 8.78 Å². The van der Waals surface area contributed by atoms with Gasteiger partial charge in [0.2, 0.25) is 0 Å². The molecule has 0 spiro atoms. The molecule has 1 aliphatic heterocycles. The molecule has 1 unspecified atom stereocenters. The fourth-order valence-electron chi connectivity index (χ4n) is 5.03. The number of hydrogen-bond donors (Lipinski definition) is 0. The topological polar surface area (TPSA) is 6.48 Å². The van der Waals surface area contributed by atoms with E-state index in [1.54, 1.807) is 0 Å². The summed E-state index contributed by atoms with van der Waals surface area (Å²) in [7, 11) is 0. The van der Waals surface area contributed by atoms with Crippen molar-refractivity contribution >= 4 is 0 Å². The van der Waals surface area contributed by atoms with E-state index in [1.807, 2.05) is 0 Å². The lowest BCUT2D eigenvalue weighted by atomic mass is 9.93.